The van der Waals surface area contributed by atoms with Gasteiger partial charge >= 0.3 is 0 Å². The lowest BCUT2D eigenvalue weighted by Gasteiger charge is -2.26. The number of hydrogen-bond acceptors (Lipinski definition) is 2. The van der Waals surface area contributed by atoms with Crippen LogP contribution in [0, 0.1) is 0 Å². The van der Waals surface area contributed by atoms with Gasteiger partial charge in [0, 0.05) is 7.11 Å². The molecular weight excluding hydrogens is 176 g/mol. The highest BCUT2D eigenvalue weighted by atomic mass is 16.5. The molecule has 0 aliphatic carbocycles. The van der Waals surface area contributed by atoms with Gasteiger partial charge in [-0.2, -0.15) is 0 Å². The van der Waals surface area contributed by atoms with E-state index in [0.717, 1.165) is 12.8 Å². The first kappa shape index (κ1) is 13.7. The van der Waals surface area contributed by atoms with E-state index in [0.29, 0.717) is 0 Å². The molecule has 2 nitrogen and oxygen atoms in total. The summed E-state index contributed by atoms with van der Waals surface area (Å²) < 4.78 is 5.50. The first-order valence-corrected chi connectivity index (χ1v) is 5.49. The van der Waals surface area contributed by atoms with Crippen LogP contribution in [0.15, 0.2) is 12.2 Å². The summed E-state index contributed by atoms with van der Waals surface area (Å²) in [4.78, 5) is 0. The first-order valence-electron chi connectivity index (χ1n) is 5.49. The Labute approximate surface area is 88.0 Å². The summed E-state index contributed by atoms with van der Waals surface area (Å²) in [5.41, 5.74) is -0.0547. The predicted octanol–water partition coefficient (Wildman–Crippen LogP) is 2.91. The van der Waals surface area contributed by atoms with Crippen molar-refractivity contribution in [3.8, 4) is 0 Å². The van der Waals surface area contributed by atoms with E-state index in [4.69, 9.17) is 9.84 Å². The molecule has 0 aromatic carbocycles. The smallest absolute Gasteiger partial charge is 0.0685 e. The number of hydrogen-bond donors (Lipinski definition) is 1. The van der Waals surface area contributed by atoms with Crippen LogP contribution in [0.5, 0.6) is 0 Å². The standard InChI is InChI=1S/C12H24O2/c1-4-5-6-9-12(2,14-3)10-7-8-11-13/h7-8,13H,4-6,9-11H2,1-3H3. The Morgan fingerprint density at radius 2 is 2.00 bits per heavy atom. The predicted molar refractivity (Wildman–Crippen MR) is 60.4 cm³/mol. The number of unbranched alkanes of at least 4 members (excludes halogenated alkanes) is 2. The highest BCUT2D eigenvalue weighted by molar-refractivity contribution is 4.89. The van der Waals surface area contributed by atoms with E-state index < -0.39 is 0 Å². The van der Waals surface area contributed by atoms with Gasteiger partial charge in [0.2, 0.25) is 0 Å². The number of ether oxygens (including phenoxy) is 1. The summed E-state index contributed by atoms with van der Waals surface area (Å²) in [6, 6.07) is 0. The monoisotopic (exact) mass is 200 g/mol. The van der Waals surface area contributed by atoms with Gasteiger partial charge in [0.1, 0.15) is 0 Å². The molecule has 0 amide bonds. The van der Waals surface area contributed by atoms with Crippen LogP contribution in [-0.2, 0) is 4.74 Å². The molecule has 84 valence electrons. The van der Waals surface area contributed by atoms with E-state index in [1.165, 1.54) is 19.3 Å². The Bertz CT molecular complexity index is 154. The lowest BCUT2D eigenvalue weighted by molar-refractivity contribution is -0.000545. The van der Waals surface area contributed by atoms with Crippen molar-refractivity contribution in [2.24, 2.45) is 0 Å². The Morgan fingerprint density at radius 3 is 2.50 bits per heavy atom. The minimum Gasteiger partial charge on any atom is -0.392 e. The molecule has 0 aromatic heterocycles. The van der Waals surface area contributed by atoms with Crippen LogP contribution in [0.3, 0.4) is 0 Å². The largest absolute Gasteiger partial charge is 0.392 e. The third kappa shape index (κ3) is 6.17. The van der Waals surface area contributed by atoms with Gasteiger partial charge in [-0.15, -0.1) is 0 Å². The Kier molecular flexibility index (Phi) is 7.81. The third-order valence-corrected chi connectivity index (χ3v) is 2.62. The van der Waals surface area contributed by atoms with E-state index in [-0.39, 0.29) is 12.2 Å². The summed E-state index contributed by atoms with van der Waals surface area (Å²) in [5, 5.41) is 8.62. The van der Waals surface area contributed by atoms with Crippen molar-refractivity contribution in [3.63, 3.8) is 0 Å². The molecule has 14 heavy (non-hydrogen) atoms. The van der Waals surface area contributed by atoms with Crippen LogP contribution in [-0.4, -0.2) is 24.4 Å². The van der Waals surface area contributed by atoms with Crippen LogP contribution < -0.4 is 0 Å². The zero-order valence-electron chi connectivity index (χ0n) is 9.75. The fraction of sp³-hybridized carbons (Fsp3) is 0.833. The maximum atomic E-state index is 8.62. The van der Waals surface area contributed by atoms with Crippen molar-refractivity contribution < 1.29 is 9.84 Å². The minimum absolute atomic E-state index is 0.0547. The first-order chi connectivity index (χ1) is 6.68. The van der Waals surface area contributed by atoms with Crippen molar-refractivity contribution in [2.75, 3.05) is 13.7 Å². The molecule has 0 spiro atoms. The average Bonchev–Trinajstić information content (AvgIpc) is 2.19. The van der Waals surface area contributed by atoms with E-state index in [1.54, 1.807) is 13.2 Å². The number of methoxy groups -OCH3 is 1. The van der Waals surface area contributed by atoms with Crippen molar-refractivity contribution in [3.05, 3.63) is 12.2 Å². The average molecular weight is 200 g/mol. The van der Waals surface area contributed by atoms with Crippen LogP contribution in [0.1, 0.15) is 46.0 Å². The Morgan fingerprint density at radius 1 is 1.29 bits per heavy atom. The van der Waals surface area contributed by atoms with Gasteiger partial charge in [-0.05, 0) is 19.8 Å². The second-order valence-electron chi connectivity index (χ2n) is 3.97. The van der Waals surface area contributed by atoms with Crippen LogP contribution >= 0.6 is 0 Å². The maximum absolute atomic E-state index is 8.62. The normalized spacial score (nSPS) is 16.0. The third-order valence-electron chi connectivity index (χ3n) is 2.62. The summed E-state index contributed by atoms with van der Waals surface area (Å²) >= 11 is 0. The van der Waals surface area contributed by atoms with E-state index >= 15 is 0 Å². The molecule has 0 aliphatic rings. The van der Waals surface area contributed by atoms with Crippen LogP contribution in [0.2, 0.25) is 0 Å². The summed E-state index contributed by atoms with van der Waals surface area (Å²) in [6.45, 7) is 4.45. The quantitative estimate of drug-likeness (QED) is 0.482. The van der Waals surface area contributed by atoms with E-state index in [1.807, 2.05) is 6.08 Å². The van der Waals surface area contributed by atoms with E-state index in [9.17, 15) is 0 Å². The fourth-order valence-corrected chi connectivity index (χ4v) is 1.44. The molecule has 0 heterocycles. The van der Waals surface area contributed by atoms with Gasteiger partial charge in [0.25, 0.3) is 0 Å². The van der Waals surface area contributed by atoms with Crippen molar-refractivity contribution in [1.82, 2.24) is 0 Å². The Hall–Kier alpha value is -0.340. The zero-order chi connectivity index (χ0) is 10.9. The van der Waals surface area contributed by atoms with Gasteiger partial charge in [0.15, 0.2) is 0 Å². The molecule has 0 aromatic rings. The second kappa shape index (κ2) is 8.01. The zero-order valence-corrected chi connectivity index (χ0v) is 9.75. The molecule has 0 rings (SSSR count). The minimum atomic E-state index is -0.0547. The molecule has 0 bridgehead atoms. The fourth-order valence-electron chi connectivity index (χ4n) is 1.44. The lowest BCUT2D eigenvalue weighted by atomic mass is 9.94. The number of aliphatic hydroxyl groups excluding tert-OH is 1. The molecule has 2 heteroatoms. The molecule has 1 atom stereocenters. The molecule has 0 radical (unpaired) electrons. The van der Waals surface area contributed by atoms with Crippen LogP contribution in [0.4, 0.5) is 0 Å². The van der Waals surface area contributed by atoms with Crippen molar-refractivity contribution >= 4 is 0 Å². The van der Waals surface area contributed by atoms with Gasteiger partial charge in [0.05, 0.1) is 12.2 Å². The molecule has 0 aliphatic heterocycles. The highest BCUT2D eigenvalue weighted by Gasteiger charge is 2.20. The molecular formula is C12H24O2. The van der Waals surface area contributed by atoms with E-state index in [2.05, 4.69) is 13.8 Å². The Balaban J connectivity index is 3.84. The van der Waals surface area contributed by atoms with Crippen molar-refractivity contribution in [1.29, 1.82) is 0 Å². The SMILES string of the molecule is CCCCCC(C)(CC=CCO)OC. The van der Waals surface area contributed by atoms with Gasteiger partial charge in [-0.3, -0.25) is 0 Å². The summed E-state index contributed by atoms with van der Waals surface area (Å²) in [6.07, 6.45) is 9.47. The molecule has 1 N–H and O–H groups in total. The topological polar surface area (TPSA) is 29.5 Å². The number of rotatable bonds is 8. The van der Waals surface area contributed by atoms with Gasteiger partial charge in [-0.1, -0.05) is 38.3 Å². The summed E-state index contributed by atoms with van der Waals surface area (Å²) in [5.74, 6) is 0. The van der Waals surface area contributed by atoms with Gasteiger partial charge in [-0.25, -0.2) is 0 Å². The van der Waals surface area contributed by atoms with Crippen LogP contribution in [0.25, 0.3) is 0 Å². The molecule has 0 saturated carbocycles. The van der Waals surface area contributed by atoms with Gasteiger partial charge < -0.3 is 9.84 Å². The lowest BCUT2D eigenvalue weighted by Crippen LogP contribution is -2.26. The van der Waals surface area contributed by atoms with Crippen molar-refractivity contribution in [2.45, 2.75) is 51.6 Å². The molecule has 0 saturated heterocycles. The highest BCUT2D eigenvalue weighted by Crippen LogP contribution is 2.22. The maximum Gasteiger partial charge on any atom is 0.0685 e. The molecule has 0 fully saturated rings. The number of aliphatic hydroxyl groups is 1. The second-order valence-corrected chi connectivity index (χ2v) is 3.97. The summed E-state index contributed by atoms with van der Waals surface area (Å²) in [7, 11) is 1.76. The molecule has 1 unspecified atom stereocenters.